The predicted molar refractivity (Wildman–Crippen MR) is 102 cm³/mol. The van der Waals surface area contributed by atoms with Crippen LogP contribution in [0.25, 0.3) is 10.9 Å². The van der Waals surface area contributed by atoms with Crippen molar-refractivity contribution in [2.45, 2.75) is 19.4 Å². The van der Waals surface area contributed by atoms with Crippen molar-refractivity contribution in [3.63, 3.8) is 0 Å². The van der Waals surface area contributed by atoms with E-state index in [1.54, 1.807) is 4.90 Å². The zero-order valence-corrected chi connectivity index (χ0v) is 14.7. The maximum atomic E-state index is 12.8. The van der Waals surface area contributed by atoms with E-state index < -0.39 is 0 Å². The fourth-order valence-electron chi connectivity index (χ4n) is 3.93. The van der Waals surface area contributed by atoms with Gasteiger partial charge in [0.05, 0.1) is 24.4 Å². The summed E-state index contributed by atoms with van der Waals surface area (Å²) in [6.07, 6.45) is 1.16. The third-order valence-corrected chi connectivity index (χ3v) is 5.24. The molecule has 2 amide bonds. The Balaban J connectivity index is 1.45. The molecule has 2 aromatic carbocycles. The van der Waals surface area contributed by atoms with Crippen molar-refractivity contribution in [1.82, 2.24) is 15.3 Å². The van der Waals surface area contributed by atoms with E-state index in [2.05, 4.69) is 15.5 Å². The lowest BCUT2D eigenvalue weighted by atomic mass is 9.98. The Morgan fingerprint density at radius 1 is 1.07 bits per heavy atom. The molecule has 2 N–H and O–H groups in total. The first-order valence-electron chi connectivity index (χ1n) is 9.03. The van der Waals surface area contributed by atoms with Gasteiger partial charge in [0.1, 0.15) is 0 Å². The van der Waals surface area contributed by atoms with E-state index in [1.807, 2.05) is 48.5 Å². The summed E-state index contributed by atoms with van der Waals surface area (Å²) in [4.78, 5) is 30.3. The third kappa shape index (κ3) is 2.61. The fraction of sp³-hybridized carbons (Fsp3) is 0.190. The molecule has 3 heterocycles. The van der Waals surface area contributed by atoms with Crippen LogP contribution in [0.15, 0.2) is 53.6 Å². The van der Waals surface area contributed by atoms with Crippen LogP contribution in [0.2, 0.25) is 0 Å². The van der Waals surface area contributed by atoms with Gasteiger partial charge in [-0.2, -0.15) is 5.10 Å². The molecule has 6 heteroatoms. The molecule has 0 radical (unpaired) electrons. The zero-order valence-electron chi connectivity index (χ0n) is 14.7. The summed E-state index contributed by atoms with van der Waals surface area (Å²) in [7, 11) is 0. The Kier molecular flexibility index (Phi) is 3.57. The van der Waals surface area contributed by atoms with Crippen molar-refractivity contribution >= 4 is 28.4 Å². The number of aromatic nitrogens is 1. The molecule has 0 spiro atoms. The fourth-order valence-corrected chi connectivity index (χ4v) is 3.93. The number of hydrogen-bond acceptors (Lipinski definition) is 3. The summed E-state index contributed by atoms with van der Waals surface area (Å²) >= 11 is 0. The van der Waals surface area contributed by atoms with Crippen LogP contribution in [0.3, 0.4) is 0 Å². The van der Waals surface area contributed by atoms with Crippen LogP contribution in [-0.4, -0.2) is 34.0 Å². The van der Waals surface area contributed by atoms with E-state index in [9.17, 15) is 9.59 Å². The molecule has 0 fully saturated rings. The van der Waals surface area contributed by atoms with Crippen molar-refractivity contribution < 1.29 is 9.59 Å². The van der Waals surface area contributed by atoms with E-state index in [-0.39, 0.29) is 11.8 Å². The average Bonchev–Trinajstić information content (AvgIpc) is 3.02. The van der Waals surface area contributed by atoms with Gasteiger partial charge in [0, 0.05) is 28.6 Å². The molecule has 0 bridgehead atoms. The number of carbonyl (C=O) groups is 2. The minimum Gasteiger partial charge on any atom is -0.356 e. The molecule has 5 rings (SSSR count). The zero-order chi connectivity index (χ0) is 18.4. The van der Waals surface area contributed by atoms with E-state index >= 15 is 0 Å². The van der Waals surface area contributed by atoms with Crippen LogP contribution < -0.4 is 5.43 Å². The van der Waals surface area contributed by atoms with Crippen molar-refractivity contribution in [3.8, 4) is 0 Å². The van der Waals surface area contributed by atoms with Gasteiger partial charge in [0.2, 0.25) is 5.91 Å². The monoisotopic (exact) mass is 358 g/mol. The Hall–Kier alpha value is -3.41. The molecule has 2 aliphatic rings. The summed E-state index contributed by atoms with van der Waals surface area (Å²) in [5, 5.41) is 5.20. The largest absolute Gasteiger partial charge is 0.356 e. The summed E-state index contributed by atoms with van der Waals surface area (Å²) in [5.41, 5.74) is 7.92. The number of amides is 2. The van der Waals surface area contributed by atoms with E-state index in [0.717, 1.165) is 33.4 Å². The molecule has 3 aromatic rings. The van der Waals surface area contributed by atoms with E-state index in [4.69, 9.17) is 0 Å². The Morgan fingerprint density at radius 2 is 1.93 bits per heavy atom. The Labute approximate surface area is 155 Å². The van der Waals surface area contributed by atoms with E-state index in [1.165, 1.54) is 0 Å². The standard InChI is InChI=1S/C21H18N4O2/c26-18(10-9-13-5-2-1-3-6-13)25-11-16-20-17(12-25)23-24-21(27)14-7-4-8-15(22-16)19(14)20/h1-8,22H,9-12H2,(H,24,27). The summed E-state index contributed by atoms with van der Waals surface area (Å²) in [6.45, 7) is 0.909. The van der Waals surface area contributed by atoms with Crippen molar-refractivity contribution in [2.75, 3.05) is 6.54 Å². The minimum atomic E-state index is -0.216. The first-order valence-corrected chi connectivity index (χ1v) is 9.03. The lowest BCUT2D eigenvalue weighted by Gasteiger charge is -2.28. The molecular formula is C21H18N4O2. The van der Waals surface area contributed by atoms with Crippen LogP contribution in [0.1, 0.15) is 33.6 Å². The molecule has 6 nitrogen and oxygen atoms in total. The van der Waals surface area contributed by atoms with Crippen molar-refractivity contribution in [1.29, 1.82) is 0 Å². The second kappa shape index (κ2) is 6.09. The smallest absolute Gasteiger partial charge is 0.272 e. The van der Waals surface area contributed by atoms with Crippen LogP contribution in [0.4, 0.5) is 0 Å². The Bertz CT molecular complexity index is 1100. The van der Waals surface area contributed by atoms with Gasteiger partial charge in [-0.1, -0.05) is 36.4 Å². The second-order valence-corrected chi connectivity index (χ2v) is 6.94. The molecule has 0 saturated heterocycles. The highest BCUT2D eigenvalue weighted by molar-refractivity contribution is 6.21. The quantitative estimate of drug-likeness (QED) is 0.755. The van der Waals surface area contributed by atoms with Crippen LogP contribution >= 0.6 is 0 Å². The number of nitrogens with one attached hydrogen (secondary N) is 2. The Morgan fingerprint density at radius 3 is 2.78 bits per heavy atom. The number of hydrogen-bond donors (Lipinski definition) is 2. The maximum absolute atomic E-state index is 12.8. The summed E-state index contributed by atoms with van der Waals surface area (Å²) in [5.74, 6) is -0.132. The van der Waals surface area contributed by atoms with Crippen LogP contribution in [-0.2, 0) is 17.8 Å². The van der Waals surface area contributed by atoms with Gasteiger partial charge in [0.25, 0.3) is 5.91 Å². The van der Waals surface area contributed by atoms with Gasteiger partial charge in [0.15, 0.2) is 0 Å². The van der Waals surface area contributed by atoms with Gasteiger partial charge >= 0.3 is 0 Å². The van der Waals surface area contributed by atoms with Gasteiger partial charge in [-0.05, 0) is 24.1 Å². The molecule has 134 valence electrons. The predicted octanol–water partition coefficient (Wildman–Crippen LogP) is 2.59. The topological polar surface area (TPSA) is 77.6 Å². The lowest BCUT2D eigenvalue weighted by molar-refractivity contribution is -0.131. The number of rotatable bonds is 3. The minimum absolute atomic E-state index is 0.0849. The van der Waals surface area contributed by atoms with E-state index in [0.29, 0.717) is 31.5 Å². The molecule has 0 atom stereocenters. The number of aromatic amines is 1. The molecule has 0 unspecified atom stereocenters. The van der Waals surface area contributed by atoms with Crippen LogP contribution in [0, 0.1) is 0 Å². The average molecular weight is 358 g/mol. The van der Waals surface area contributed by atoms with Gasteiger partial charge in [-0.3, -0.25) is 9.59 Å². The second-order valence-electron chi connectivity index (χ2n) is 6.94. The molecule has 0 saturated carbocycles. The third-order valence-electron chi connectivity index (χ3n) is 5.24. The number of nitrogens with zero attached hydrogens (tertiary/aromatic N) is 2. The summed E-state index contributed by atoms with van der Waals surface area (Å²) in [6, 6.07) is 15.6. The number of H-pyrrole nitrogens is 1. The first-order chi connectivity index (χ1) is 13.2. The number of aryl methyl sites for hydroxylation is 1. The van der Waals surface area contributed by atoms with Gasteiger partial charge in [-0.15, -0.1) is 0 Å². The highest BCUT2D eigenvalue weighted by Gasteiger charge is 2.31. The molecule has 27 heavy (non-hydrogen) atoms. The highest BCUT2D eigenvalue weighted by Crippen LogP contribution is 2.32. The molecule has 2 aliphatic heterocycles. The molecule has 0 aliphatic carbocycles. The van der Waals surface area contributed by atoms with Gasteiger partial charge in [-0.25, -0.2) is 5.43 Å². The lowest BCUT2D eigenvalue weighted by Crippen LogP contribution is -2.40. The number of hydrazone groups is 1. The highest BCUT2D eigenvalue weighted by atomic mass is 16.2. The normalized spacial score (nSPS) is 15.3. The number of benzene rings is 2. The number of carbonyl (C=O) groups excluding carboxylic acids is 2. The van der Waals surface area contributed by atoms with Crippen molar-refractivity contribution in [3.05, 3.63) is 70.9 Å². The molecular weight excluding hydrogens is 340 g/mol. The van der Waals surface area contributed by atoms with Crippen LogP contribution in [0.5, 0.6) is 0 Å². The molecule has 1 aromatic heterocycles. The van der Waals surface area contributed by atoms with Crippen molar-refractivity contribution in [2.24, 2.45) is 5.10 Å². The van der Waals surface area contributed by atoms with Gasteiger partial charge < -0.3 is 9.88 Å². The SMILES string of the molecule is O=C1NN=C2CN(C(=O)CCc3ccccc3)Cc3[nH]c4cccc1c4c32. The maximum Gasteiger partial charge on any atom is 0.272 e. The summed E-state index contributed by atoms with van der Waals surface area (Å²) < 4.78 is 0. The first kappa shape index (κ1) is 15.8.